The van der Waals surface area contributed by atoms with Crippen LogP contribution in [0.25, 0.3) is 10.7 Å². The quantitative estimate of drug-likeness (QED) is 0.800. The molecule has 2 aromatic heterocycles. The molecule has 0 unspecified atom stereocenters. The molecule has 3 nitrogen and oxygen atoms in total. The van der Waals surface area contributed by atoms with Gasteiger partial charge in [0.05, 0.1) is 11.4 Å². The lowest BCUT2D eigenvalue weighted by Crippen LogP contribution is -2.07. The largest absolute Gasteiger partial charge is 0.326 e. The van der Waals surface area contributed by atoms with Crippen molar-refractivity contribution in [2.24, 2.45) is 5.73 Å². The predicted octanol–water partition coefficient (Wildman–Crippen LogP) is 3.26. The van der Waals surface area contributed by atoms with Crippen LogP contribution < -0.4 is 5.73 Å². The molecule has 102 valence electrons. The Kier molecular flexibility index (Phi) is 3.62. The van der Waals surface area contributed by atoms with E-state index in [0.29, 0.717) is 17.7 Å². The first-order valence-corrected chi connectivity index (χ1v) is 7.19. The molecule has 0 saturated heterocycles. The number of nitrogens with zero attached hydrogens (tertiary/aromatic N) is 2. The van der Waals surface area contributed by atoms with Gasteiger partial charge in [-0.15, -0.1) is 11.3 Å². The zero-order valence-corrected chi connectivity index (χ0v) is 11.6. The molecule has 0 saturated carbocycles. The highest BCUT2D eigenvalue weighted by molar-refractivity contribution is 7.13. The first-order valence-electron chi connectivity index (χ1n) is 6.31. The molecule has 0 aliphatic carbocycles. The molecule has 0 radical (unpaired) electrons. The lowest BCUT2D eigenvalue weighted by molar-refractivity contribution is 0.585. The first-order chi connectivity index (χ1) is 9.79. The van der Waals surface area contributed by atoms with Gasteiger partial charge in [0.25, 0.3) is 0 Å². The van der Waals surface area contributed by atoms with Gasteiger partial charge in [-0.2, -0.15) is 0 Å². The molecule has 20 heavy (non-hydrogen) atoms. The van der Waals surface area contributed by atoms with Gasteiger partial charge < -0.3 is 10.3 Å². The number of halogens is 1. The first kappa shape index (κ1) is 13.0. The molecule has 1 aromatic carbocycles. The van der Waals surface area contributed by atoms with Crippen molar-refractivity contribution in [1.82, 2.24) is 9.55 Å². The van der Waals surface area contributed by atoms with Crippen LogP contribution in [0.2, 0.25) is 0 Å². The number of imidazole rings is 1. The summed E-state index contributed by atoms with van der Waals surface area (Å²) in [5, 5.41) is 2.00. The van der Waals surface area contributed by atoms with Crippen molar-refractivity contribution in [3.8, 4) is 10.7 Å². The van der Waals surface area contributed by atoms with Crippen molar-refractivity contribution in [2.75, 3.05) is 0 Å². The molecule has 3 aromatic rings. The summed E-state index contributed by atoms with van der Waals surface area (Å²) in [5.74, 6) is 0.637. The van der Waals surface area contributed by atoms with E-state index < -0.39 is 0 Å². The van der Waals surface area contributed by atoms with E-state index in [1.165, 1.54) is 0 Å². The van der Waals surface area contributed by atoms with Crippen molar-refractivity contribution < 1.29 is 4.39 Å². The molecule has 0 amide bonds. The summed E-state index contributed by atoms with van der Waals surface area (Å²) in [6, 6.07) is 9.33. The van der Waals surface area contributed by atoms with Crippen molar-refractivity contribution in [3.63, 3.8) is 0 Å². The van der Waals surface area contributed by atoms with Gasteiger partial charge in [-0.25, -0.2) is 9.37 Å². The van der Waals surface area contributed by atoms with Crippen LogP contribution in [0, 0.1) is 5.82 Å². The lowest BCUT2D eigenvalue weighted by Gasteiger charge is -2.10. The van der Waals surface area contributed by atoms with Crippen LogP contribution in [0.15, 0.2) is 48.1 Å². The van der Waals surface area contributed by atoms with Crippen LogP contribution in [0.5, 0.6) is 0 Å². The Hall–Kier alpha value is -1.98. The standard InChI is InChI=1S/C15H14FN3S/c16-14-11(9-17)3-1-4-12(14)10-19-7-6-18-15(19)13-5-2-8-20-13/h1-8H,9-10,17H2. The maximum atomic E-state index is 14.2. The summed E-state index contributed by atoms with van der Waals surface area (Å²) in [4.78, 5) is 5.43. The number of nitrogens with two attached hydrogens (primary N) is 1. The molecule has 0 aliphatic rings. The summed E-state index contributed by atoms with van der Waals surface area (Å²) in [6.45, 7) is 0.661. The van der Waals surface area contributed by atoms with Crippen molar-refractivity contribution >= 4 is 11.3 Å². The molecule has 0 spiro atoms. The number of rotatable bonds is 4. The fourth-order valence-corrected chi connectivity index (χ4v) is 2.90. The third kappa shape index (κ3) is 2.37. The zero-order chi connectivity index (χ0) is 13.9. The van der Waals surface area contributed by atoms with Gasteiger partial charge in [0.1, 0.15) is 11.6 Å². The number of benzene rings is 1. The van der Waals surface area contributed by atoms with Gasteiger partial charge in [0.15, 0.2) is 0 Å². The number of hydrogen-bond acceptors (Lipinski definition) is 3. The van der Waals surface area contributed by atoms with Crippen LogP contribution in [0.1, 0.15) is 11.1 Å². The maximum absolute atomic E-state index is 14.2. The topological polar surface area (TPSA) is 43.8 Å². The summed E-state index contributed by atoms with van der Waals surface area (Å²) < 4.78 is 16.2. The summed E-state index contributed by atoms with van der Waals surface area (Å²) in [6.07, 6.45) is 3.60. The highest BCUT2D eigenvalue weighted by atomic mass is 32.1. The second-order valence-electron chi connectivity index (χ2n) is 4.45. The van der Waals surface area contributed by atoms with Crippen LogP contribution in [0.4, 0.5) is 4.39 Å². The SMILES string of the molecule is NCc1cccc(Cn2ccnc2-c2cccs2)c1F. The van der Waals surface area contributed by atoms with E-state index in [0.717, 1.165) is 10.7 Å². The van der Waals surface area contributed by atoms with Crippen LogP contribution in [0.3, 0.4) is 0 Å². The Morgan fingerprint density at radius 3 is 2.80 bits per heavy atom. The maximum Gasteiger partial charge on any atom is 0.150 e. The summed E-state index contributed by atoms with van der Waals surface area (Å²) >= 11 is 1.62. The average Bonchev–Trinajstić information content (AvgIpc) is 3.11. The minimum absolute atomic E-state index is 0.210. The van der Waals surface area contributed by atoms with Crippen molar-refractivity contribution in [1.29, 1.82) is 0 Å². The number of aromatic nitrogens is 2. The average molecular weight is 287 g/mol. The zero-order valence-electron chi connectivity index (χ0n) is 10.8. The molecule has 2 N–H and O–H groups in total. The van der Waals surface area contributed by atoms with Gasteiger partial charge in [-0.3, -0.25) is 0 Å². The Balaban J connectivity index is 1.95. The molecule has 0 bridgehead atoms. The van der Waals surface area contributed by atoms with Crippen molar-refractivity contribution in [2.45, 2.75) is 13.1 Å². The predicted molar refractivity (Wildman–Crippen MR) is 78.9 cm³/mol. The van der Waals surface area contributed by atoms with E-state index in [4.69, 9.17) is 5.73 Å². The van der Waals surface area contributed by atoms with Crippen LogP contribution >= 0.6 is 11.3 Å². The van der Waals surface area contributed by atoms with Crippen molar-refractivity contribution in [3.05, 3.63) is 65.0 Å². The third-order valence-corrected chi connectivity index (χ3v) is 4.04. The van der Waals surface area contributed by atoms with Gasteiger partial charge in [-0.1, -0.05) is 24.3 Å². The van der Waals surface area contributed by atoms with E-state index >= 15 is 0 Å². The molecule has 0 atom stereocenters. The fraction of sp³-hybridized carbons (Fsp3) is 0.133. The van der Waals surface area contributed by atoms with Gasteiger partial charge in [0, 0.05) is 30.1 Å². The van der Waals surface area contributed by atoms with Gasteiger partial charge in [0.2, 0.25) is 0 Å². The Morgan fingerprint density at radius 1 is 1.20 bits per heavy atom. The number of thiophene rings is 1. The number of hydrogen-bond donors (Lipinski definition) is 1. The monoisotopic (exact) mass is 287 g/mol. The van der Waals surface area contributed by atoms with E-state index in [1.54, 1.807) is 29.7 Å². The fourth-order valence-electron chi connectivity index (χ4n) is 2.16. The second kappa shape index (κ2) is 5.56. The second-order valence-corrected chi connectivity index (χ2v) is 5.40. The minimum atomic E-state index is -0.221. The van der Waals surface area contributed by atoms with E-state index in [1.807, 2.05) is 34.3 Å². The van der Waals surface area contributed by atoms with Crippen LogP contribution in [-0.2, 0) is 13.1 Å². The molecule has 0 fully saturated rings. The molecular formula is C15H14FN3S. The van der Waals surface area contributed by atoms with E-state index in [2.05, 4.69) is 4.98 Å². The molecule has 5 heteroatoms. The van der Waals surface area contributed by atoms with E-state index in [9.17, 15) is 4.39 Å². The summed E-state index contributed by atoms with van der Waals surface area (Å²) in [5.41, 5.74) is 6.71. The normalized spacial score (nSPS) is 10.9. The third-order valence-electron chi connectivity index (χ3n) is 3.18. The minimum Gasteiger partial charge on any atom is -0.326 e. The van der Waals surface area contributed by atoms with Gasteiger partial charge in [-0.05, 0) is 11.4 Å². The highest BCUT2D eigenvalue weighted by Crippen LogP contribution is 2.24. The Bertz CT molecular complexity index is 704. The lowest BCUT2D eigenvalue weighted by atomic mass is 10.1. The molecule has 3 rings (SSSR count). The molecular weight excluding hydrogens is 273 g/mol. The van der Waals surface area contributed by atoms with E-state index in [-0.39, 0.29) is 12.4 Å². The summed E-state index contributed by atoms with van der Waals surface area (Å²) in [7, 11) is 0. The van der Waals surface area contributed by atoms with Crippen LogP contribution in [-0.4, -0.2) is 9.55 Å². The smallest absolute Gasteiger partial charge is 0.150 e. The highest BCUT2D eigenvalue weighted by Gasteiger charge is 2.11. The Morgan fingerprint density at radius 2 is 2.05 bits per heavy atom. The Labute approximate surface area is 120 Å². The molecule has 0 aliphatic heterocycles. The van der Waals surface area contributed by atoms with Gasteiger partial charge >= 0.3 is 0 Å². The molecule has 2 heterocycles.